The zero-order valence-corrected chi connectivity index (χ0v) is 31.0. The number of aryl methyl sites for hydroxylation is 2. The van der Waals surface area contributed by atoms with Gasteiger partial charge in [-0.05, 0) is 182 Å². The zero-order valence-electron chi connectivity index (χ0n) is 32.0. The van der Waals surface area contributed by atoms with Crippen molar-refractivity contribution in [1.29, 1.82) is 1.45 Å². The van der Waals surface area contributed by atoms with Crippen molar-refractivity contribution in [3.63, 3.8) is 0 Å². The summed E-state index contributed by atoms with van der Waals surface area (Å²) in [6.07, 6.45) is 15.4. The van der Waals surface area contributed by atoms with Gasteiger partial charge in [-0.3, -0.25) is 14.5 Å². The van der Waals surface area contributed by atoms with Crippen LogP contribution in [0.2, 0.25) is 0 Å². The summed E-state index contributed by atoms with van der Waals surface area (Å²) >= 11 is 0. The van der Waals surface area contributed by atoms with Crippen LogP contribution in [0.3, 0.4) is 0 Å². The predicted octanol–water partition coefficient (Wildman–Crippen LogP) is 7.66. The molecule has 6 rings (SSSR count). The summed E-state index contributed by atoms with van der Waals surface area (Å²) in [6.45, 7) is 14.7. The molecular weight excluding hydrogens is 611 g/mol. The Labute approximate surface area is 301 Å². The van der Waals surface area contributed by atoms with Crippen molar-refractivity contribution in [1.82, 2.24) is 20.0 Å². The molecule has 1 N–H and O–H groups in total. The van der Waals surface area contributed by atoms with E-state index in [1.165, 1.54) is 152 Å². The van der Waals surface area contributed by atoms with Crippen molar-refractivity contribution in [2.24, 2.45) is 11.8 Å². The Bertz CT molecular complexity index is 1220. The average Bonchev–Trinajstić information content (AvgIpc) is 3.16. The maximum Gasteiger partial charge on any atom is 0.269 e. The molecule has 0 saturated carbocycles. The van der Waals surface area contributed by atoms with Crippen LogP contribution in [0.5, 0.6) is 11.5 Å². The highest BCUT2D eigenvalue weighted by Gasteiger charge is 2.28. The van der Waals surface area contributed by atoms with Crippen molar-refractivity contribution >= 4 is 0 Å². The molecule has 4 aliphatic rings. The number of rotatable bonds is 12. The molecule has 0 spiro atoms. The number of hydrogen-bond donors (Lipinski definition) is 1. The van der Waals surface area contributed by atoms with E-state index in [4.69, 9.17) is 14.2 Å². The average molecular weight is 685 g/mol. The second-order valence-electron chi connectivity index (χ2n) is 15.0. The molecule has 278 valence electrons. The molecular formula is C42H71FN4O2. The maximum absolute atomic E-state index is 8.75. The lowest BCUT2D eigenvalue weighted by Crippen LogP contribution is -2.44. The quantitative estimate of drug-likeness (QED) is 0.248. The van der Waals surface area contributed by atoms with Crippen molar-refractivity contribution in [2.45, 2.75) is 110 Å². The molecule has 0 radical (unpaired) electrons. The third kappa shape index (κ3) is 11.9. The molecule has 2 aliphatic carbocycles. The highest BCUT2D eigenvalue weighted by atomic mass is 19.0. The molecule has 7 heteroatoms. The smallest absolute Gasteiger partial charge is 0.269 e. The maximum atomic E-state index is 8.75. The van der Waals surface area contributed by atoms with Gasteiger partial charge in [-0.2, -0.15) is 0 Å². The largest absolute Gasteiger partial charge is 0.497 e. The SMILES string of the molecule is C.CCCN(CC1CCN(C)CC1)C1CCc2ccc(OC)cc2C1.CCCN(CC1CCNCC1)C1CCc2ccc(OC)cc2C1.[3H]F. The van der Waals surface area contributed by atoms with E-state index in [9.17, 15) is 0 Å². The molecule has 2 aliphatic heterocycles. The van der Waals surface area contributed by atoms with Crippen molar-refractivity contribution in [2.75, 3.05) is 73.6 Å². The summed E-state index contributed by atoms with van der Waals surface area (Å²) in [5.41, 5.74) is 6.07. The van der Waals surface area contributed by atoms with E-state index in [0.717, 1.165) is 23.3 Å². The monoisotopic (exact) mass is 685 g/mol. The number of likely N-dealkylation sites (tertiary alicyclic amines) is 1. The molecule has 2 saturated heterocycles. The number of hydrogen-bond acceptors (Lipinski definition) is 6. The Balaban J connectivity index is 0.000000253. The normalized spacial score (nSPS) is 21.6. The van der Waals surface area contributed by atoms with Crippen molar-refractivity contribution in [3.05, 3.63) is 58.7 Å². The number of halogens is 1. The van der Waals surface area contributed by atoms with Gasteiger partial charge in [-0.15, -0.1) is 0 Å². The summed E-state index contributed by atoms with van der Waals surface area (Å²) in [4.78, 5) is 8.07. The van der Waals surface area contributed by atoms with E-state index in [1.54, 1.807) is 14.2 Å². The summed E-state index contributed by atoms with van der Waals surface area (Å²) in [5.74, 6) is 3.78. The summed E-state index contributed by atoms with van der Waals surface area (Å²) in [5, 5.41) is 3.49. The van der Waals surface area contributed by atoms with Crippen LogP contribution in [0.4, 0.5) is 4.72 Å². The minimum absolute atomic E-state index is 0. The van der Waals surface area contributed by atoms with Gasteiger partial charge in [-0.25, -0.2) is 0 Å². The number of nitrogens with one attached hydrogen (secondary N) is 1. The molecule has 0 bridgehead atoms. The zero-order chi connectivity index (χ0) is 35.0. The van der Waals surface area contributed by atoms with Gasteiger partial charge in [0.25, 0.3) is 1.45 Å². The molecule has 2 aromatic rings. The minimum Gasteiger partial charge on any atom is -0.497 e. The lowest BCUT2D eigenvalue weighted by molar-refractivity contribution is 0.119. The number of piperidine rings is 2. The van der Waals surface area contributed by atoms with Crippen LogP contribution in [-0.4, -0.2) is 102 Å². The van der Waals surface area contributed by atoms with Crippen molar-refractivity contribution < 1.29 is 14.2 Å². The van der Waals surface area contributed by atoms with E-state index in [-0.39, 0.29) is 7.43 Å². The Kier molecular flexibility index (Phi) is 17.2. The van der Waals surface area contributed by atoms with Gasteiger partial charge in [-0.1, -0.05) is 33.4 Å². The third-order valence-corrected chi connectivity index (χ3v) is 11.6. The molecule has 49 heavy (non-hydrogen) atoms. The molecule has 2 aromatic carbocycles. The van der Waals surface area contributed by atoms with E-state index in [2.05, 4.69) is 78.8 Å². The van der Waals surface area contributed by atoms with E-state index >= 15 is 0 Å². The third-order valence-electron chi connectivity index (χ3n) is 11.6. The highest BCUT2D eigenvalue weighted by molar-refractivity contribution is 5.39. The molecule has 2 atom stereocenters. The van der Waals surface area contributed by atoms with Crippen LogP contribution in [0.1, 0.15) is 94.9 Å². The highest BCUT2D eigenvalue weighted by Crippen LogP contribution is 2.31. The lowest BCUT2D eigenvalue weighted by atomic mass is 9.86. The second kappa shape index (κ2) is 21.2. The van der Waals surface area contributed by atoms with Crippen LogP contribution in [0.25, 0.3) is 0 Å². The summed E-state index contributed by atoms with van der Waals surface area (Å²) in [6, 6.07) is 14.7. The molecule has 0 aromatic heterocycles. The van der Waals surface area contributed by atoms with E-state index in [0.29, 0.717) is 12.1 Å². The number of methoxy groups -OCH3 is 2. The van der Waals surface area contributed by atoms with Crippen LogP contribution in [-0.2, 0) is 25.7 Å². The fraction of sp³-hybridized carbons (Fsp3) is 0.714. The van der Waals surface area contributed by atoms with Crippen LogP contribution < -0.4 is 14.8 Å². The number of ether oxygens (including phenoxy) is 2. The number of fused-ring (bicyclic) bond motifs is 2. The lowest BCUT2D eigenvalue weighted by Gasteiger charge is -2.39. The first-order valence-electron chi connectivity index (χ1n) is 19.6. The first-order valence-corrected chi connectivity index (χ1v) is 19.2. The number of benzene rings is 2. The van der Waals surface area contributed by atoms with Gasteiger partial charge >= 0.3 is 0 Å². The molecule has 0 amide bonds. The minimum atomic E-state index is 0. The number of nitrogens with zero attached hydrogens (tertiary/aromatic N) is 3. The van der Waals surface area contributed by atoms with Crippen molar-refractivity contribution in [3.8, 4) is 11.5 Å². The summed E-state index contributed by atoms with van der Waals surface area (Å²) < 4.78 is 23.9. The first-order chi connectivity index (χ1) is 24.0. The van der Waals surface area contributed by atoms with E-state index in [1.807, 2.05) is 0 Å². The Hall–Kier alpha value is -2.19. The van der Waals surface area contributed by atoms with Gasteiger partial charge < -0.3 is 19.7 Å². The van der Waals surface area contributed by atoms with Gasteiger partial charge in [0.1, 0.15) is 11.5 Å². The first kappa shape index (κ1) is 39.6. The Morgan fingerprint density at radius 3 is 1.59 bits per heavy atom. The van der Waals surface area contributed by atoms with E-state index < -0.39 is 0 Å². The molecule has 6 nitrogen and oxygen atoms in total. The summed E-state index contributed by atoms with van der Waals surface area (Å²) in [7, 11) is 5.79. The molecule has 2 fully saturated rings. The fourth-order valence-corrected chi connectivity index (χ4v) is 8.70. The van der Waals surface area contributed by atoms with Crippen LogP contribution in [0, 0.1) is 11.8 Å². The predicted molar refractivity (Wildman–Crippen MR) is 206 cm³/mol. The standard InChI is InChI=1S/C21H34N2O.C20H32N2O.CH4.FH/c1-4-11-23(16-17-9-12-22(2)13-10-17)20-7-5-18-6-8-21(24-3)15-19(18)14-20;1-3-12-22(15-16-8-10-21-11-9-16)19-6-4-17-5-7-20(23-2)14-18(17)13-19;;/h6,8,15,17,20H,4-5,7,9-14,16H2,1-3H3;5,7,14,16,19,21H,3-4,6,8-13,15H2,1-2H3;1H4;1H/i/hT. The van der Waals surface area contributed by atoms with Gasteiger partial charge in [0.2, 0.25) is 0 Å². The molecule has 2 unspecified atom stereocenters. The fourth-order valence-electron chi connectivity index (χ4n) is 8.70. The van der Waals surface area contributed by atoms with Gasteiger partial charge in [0.05, 0.1) is 14.2 Å². The molecule has 2 heterocycles. The van der Waals surface area contributed by atoms with Crippen LogP contribution >= 0.6 is 0 Å². The van der Waals surface area contributed by atoms with Gasteiger partial charge in [0, 0.05) is 25.2 Å². The van der Waals surface area contributed by atoms with Crippen LogP contribution in [0.15, 0.2) is 36.4 Å². The Morgan fingerprint density at radius 2 is 1.16 bits per heavy atom. The second-order valence-corrected chi connectivity index (χ2v) is 15.0. The topological polar surface area (TPSA) is 40.2 Å². The van der Waals surface area contributed by atoms with Gasteiger partial charge in [0.15, 0.2) is 0 Å². The Morgan fingerprint density at radius 1 is 0.714 bits per heavy atom.